The van der Waals surface area contributed by atoms with Crippen LogP contribution in [0, 0.1) is 0 Å². The second-order valence-electron chi connectivity index (χ2n) is 8.40. The van der Waals surface area contributed by atoms with Gasteiger partial charge < -0.3 is 15.5 Å². The normalized spacial score (nSPS) is 11.7. The maximum absolute atomic E-state index is 10.7. The van der Waals surface area contributed by atoms with E-state index in [0.29, 0.717) is 13.1 Å². The quantitative estimate of drug-likeness (QED) is 0.143. The average molecular weight is 427 g/mol. The van der Waals surface area contributed by atoms with Crippen molar-refractivity contribution in [1.29, 1.82) is 0 Å². The molecule has 5 heteroatoms. The number of carboxylic acids is 1. The molecule has 0 aliphatic heterocycles. The van der Waals surface area contributed by atoms with Gasteiger partial charge in [-0.05, 0) is 38.6 Å². The van der Waals surface area contributed by atoms with Crippen LogP contribution in [0.25, 0.3) is 0 Å². The zero-order chi connectivity index (χ0) is 22.1. The highest BCUT2D eigenvalue weighted by molar-refractivity contribution is 5.66. The summed E-state index contributed by atoms with van der Waals surface area (Å²) in [6, 6.07) is 0. The van der Waals surface area contributed by atoms with E-state index in [2.05, 4.69) is 24.4 Å². The molecular formula is C25H50N2O3. The molecule has 0 rings (SSSR count). The summed E-state index contributed by atoms with van der Waals surface area (Å²) in [6.45, 7) is 6.06. The fourth-order valence-corrected chi connectivity index (χ4v) is 3.59. The Labute approximate surface area is 186 Å². The molecule has 0 aromatic heterocycles. The minimum Gasteiger partial charge on any atom is -0.481 e. The van der Waals surface area contributed by atoms with Crippen LogP contribution in [0.4, 0.5) is 0 Å². The predicted octanol–water partition coefficient (Wildman–Crippen LogP) is 5.38. The molecule has 0 spiro atoms. The fraction of sp³-hybridized carbons (Fsp3) is 0.880. The summed E-state index contributed by atoms with van der Waals surface area (Å²) in [5, 5.41) is 21.2. The molecule has 30 heavy (non-hydrogen) atoms. The molecule has 0 atom stereocenters. The first kappa shape index (κ1) is 29.1. The molecule has 0 fully saturated rings. The van der Waals surface area contributed by atoms with Crippen LogP contribution < -0.4 is 5.32 Å². The molecule has 0 aliphatic rings. The third-order valence-electron chi connectivity index (χ3n) is 5.53. The van der Waals surface area contributed by atoms with E-state index in [1.54, 1.807) is 0 Å². The first-order valence-corrected chi connectivity index (χ1v) is 12.6. The number of unbranched alkanes of at least 4 members (excludes halogenated alkanes) is 12. The van der Waals surface area contributed by atoms with Gasteiger partial charge in [-0.1, -0.05) is 76.9 Å². The summed E-state index contributed by atoms with van der Waals surface area (Å²) in [6.07, 6.45) is 23.5. The number of aliphatic hydroxyl groups is 1. The van der Waals surface area contributed by atoms with Crippen LogP contribution in [0.2, 0.25) is 0 Å². The maximum atomic E-state index is 10.7. The smallest absolute Gasteiger partial charge is 0.304 e. The van der Waals surface area contributed by atoms with E-state index in [-0.39, 0.29) is 13.0 Å². The molecule has 0 bridgehead atoms. The number of rotatable bonds is 24. The first-order valence-electron chi connectivity index (χ1n) is 12.6. The number of hydrogen-bond acceptors (Lipinski definition) is 4. The van der Waals surface area contributed by atoms with Crippen molar-refractivity contribution >= 4 is 5.97 Å². The van der Waals surface area contributed by atoms with Gasteiger partial charge in [0.15, 0.2) is 0 Å². The van der Waals surface area contributed by atoms with Crippen molar-refractivity contribution in [2.75, 3.05) is 39.3 Å². The van der Waals surface area contributed by atoms with Gasteiger partial charge in [0.1, 0.15) is 0 Å². The van der Waals surface area contributed by atoms with Gasteiger partial charge in [-0.15, -0.1) is 0 Å². The molecule has 0 radical (unpaired) electrons. The van der Waals surface area contributed by atoms with E-state index >= 15 is 0 Å². The van der Waals surface area contributed by atoms with Crippen molar-refractivity contribution in [1.82, 2.24) is 10.2 Å². The molecule has 178 valence electrons. The number of allylic oxidation sites excluding steroid dienone is 2. The summed E-state index contributed by atoms with van der Waals surface area (Å²) in [5.41, 5.74) is 0. The van der Waals surface area contributed by atoms with Crippen molar-refractivity contribution in [3.63, 3.8) is 0 Å². The number of nitrogens with one attached hydrogen (secondary N) is 1. The lowest BCUT2D eigenvalue weighted by atomic mass is 10.1. The fourth-order valence-electron chi connectivity index (χ4n) is 3.59. The van der Waals surface area contributed by atoms with Crippen LogP contribution in [0.3, 0.4) is 0 Å². The van der Waals surface area contributed by atoms with Crippen LogP contribution in [-0.4, -0.2) is 60.4 Å². The Balaban J connectivity index is 3.30. The van der Waals surface area contributed by atoms with Gasteiger partial charge in [0.05, 0.1) is 13.0 Å². The molecule has 0 unspecified atom stereocenters. The van der Waals surface area contributed by atoms with Gasteiger partial charge >= 0.3 is 5.97 Å². The number of carbonyl (C=O) groups is 1. The third-order valence-corrected chi connectivity index (χ3v) is 5.53. The summed E-state index contributed by atoms with van der Waals surface area (Å²) >= 11 is 0. The van der Waals surface area contributed by atoms with Crippen molar-refractivity contribution in [3.05, 3.63) is 12.2 Å². The predicted molar refractivity (Wildman–Crippen MR) is 128 cm³/mol. The van der Waals surface area contributed by atoms with Crippen molar-refractivity contribution < 1.29 is 15.0 Å². The monoisotopic (exact) mass is 426 g/mol. The Kier molecular flexibility index (Phi) is 23.6. The van der Waals surface area contributed by atoms with Crippen molar-refractivity contribution in [2.45, 2.75) is 103 Å². The van der Waals surface area contributed by atoms with Gasteiger partial charge in [-0.3, -0.25) is 9.69 Å². The molecule has 0 amide bonds. The topological polar surface area (TPSA) is 72.8 Å². The minimum absolute atomic E-state index is 0.0779. The number of carboxylic acid groups (broad SMARTS) is 1. The van der Waals surface area contributed by atoms with Gasteiger partial charge in [0, 0.05) is 26.2 Å². The molecule has 3 N–H and O–H groups in total. The SMILES string of the molecule is CCCCCCCC/C=C\CCCCCCCCNCCN(CCO)CCC(=O)O. The van der Waals surface area contributed by atoms with E-state index in [1.165, 1.54) is 89.9 Å². The zero-order valence-corrected chi connectivity index (χ0v) is 19.8. The average Bonchev–Trinajstić information content (AvgIpc) is 2.73. The first-order chi connectivity index (χ1) is 14.7. The van der Waals surface area contributed by atoms with Gasteiger partial charge in [-0.2, -0.15) is 0 Å². The zero-order valence-electron chi connectivity index (χ0n) is 19.8. The van der Waals surface area contributed by atoms with Crippen LogP contribution in [0.5, 0.6) is 0 Å². The standard InChI is InChI=1S/C25H50N2O3/c1-2-3-4-5-6-7-8-9-10-11-12-13-14-15-16-17-19-26-20-22-27(23-24-28)21-18-25(29)30/h9-10,26,28H,2-8,11-24H2,1H3,(H,29,30)/b10-9-. The Bertz CT molecular complexity index is 389. The van der Waals surface area contributed by atoms with E-state index in [9.17, 15) is 4.79 Å². The molecule has 0 aliphatic carbocycles. The Morgan fingerprint density at radius 3 is 1.90 bits per heavy atom. The van der Waals surface area contributed by atoms with Crippen molar-refractivity contribution in [3.8, 4) is 0 Å². The number of aliphatic carboxylic acids is 1. The molecule has 5 nitrogen and oxygen atoms in total. The van der Waals surface area contributed by atoms with Gasteiger partial charge in [0.2, 0.25) is 0 Å². The lowest BCUT2D eigenvalue weighted by Crippen LogP contribution is -2.35. The summed E-state index contributed by atoms with van der Waals surface area (Å²) in [5.74, 6) is -0.782. The minimum atomic E-state index is -0.782. The second kappa shape index (κ2) is 24.4. The van der Waals surface area contributed by atoms with E-state index in [4.69, 9.17) is 10.2 Å². The molecule has 0 aromatic carbocycles. The van der Waals surface area contributed by atoms with Crippen LogP contribution in [0.15, 0.2) is 12.2 Å². The van der Waals surface area contributed by atoms with Crippen LogP contribution in [-0.2, 0) is 4.79 Å². The maximum Gasteiger partial charge on any atom is 0.304 e. The van der Waals surface area contributed by atoms with Crippen LogP contribution in [0.1, 0.15) is 103 Å². The largest absolute Gasteiger partial charge is 0.481 e. The molecule has 0 heterocycles. The lowest BCUT2D eigenvalue weighted by molar-refractivity contribution is -0.137. The molecule has 0 saturated carbocycles. The lowest BCUT2D eigenvalue weighted by Gasteiger charge is -2.20. The second-order valence-corrected chi connectivity index (χ2v) is 8.40. The highest BCUT2D eigenvalue weighted by Gasteiger charge is 2.06. The van der Waals surface area contributed by atoms with Crippen molar-refractivity contribution in [2.24, 2.45) is 0 Å². The number of aliphatic hydroxyl groups excluding tert-OH is 1. The van der Waals surface area contributed by atoms with E-state index in [0.717, 1.165) is 19.6 Å². The van der Waals surface area contributed by atoms with Crippen LogP contribution >= 0.6 is 0 Å². The summed E-state index contributed by atoms with van der Waals surface area (Å²) in [7, 11) is 0. The number of nitrogens with zero attached hydrogens (tertiary/aromatic N) is 1. The highest BCUT2D eigenvalue weighted by atomic mass is 16.4. The molecule has 0 saturated heterocycles. The van der Waals surface area contributed by atoms with Gasteiger partial charge in [-0.25, -0.2) is 0 Å². The summed E-state index contributed by atoms with van der Waals surface area (Å²) in [4.78, 5) is 12.7. The Morgan fingerprint density at radius 1 is 0.767 bits per heavy atom. The highest BCUT2D eigenvalue weighted by Crippen LogP contribution is 2.09. The van der Waals surface area contributed by atoms with E-state index < -0.39 is 5.97 Å². The Hall–Kier alpha value is -0.910. The third kappa shape index (κ3) is 23.4. The molecular weight excluding hydrogens is 376 g/mol. The van der Waals surface area contributed by atoms with E-state index in [1.807, 2.05) is 4.90 Å². The Morgan fingerprint density at radius 2 is 1.33 bits per heavy atom. The number of hydrogen-bond donors (Lipinski definition) is 3. The summed E-state index contributed by atoms with van der Waals surface area (Å²) < 4.78 is 0. The molecule has 0 aromatic rings. The van der Waals surface area contributed by atoms with Gasteiger partial charge in [0.25, 0.3) is 0 Å².